The van der Waals surface area contributed by atoms with E-state index in [-0.39, 0.29) is 35.9 Å². The molecule has 180 valence electrons. The number of rotatable bonds is 10. The van der Waals surface area contributed by atoms with Gasteiger partial charge in [0.1, 0.15) is 5.76 Å². The van der Waals surface area contributed by atoms with Gasteiger partial charge in [-0.2, -0.15) is 0 Å². The lowest BCUT2D eigenvalue weighted by atomic mass is 9.89. The molecule has 32 heavy (non-hydrogen) atoms. The molecular weight excluding hydrogens is 412 g/mol. The second-order valence-corrected chi connectivity index (χ2v) is 10.1. The van der Waals surface area contributed by atoms with Crippen molar-refractivity contribution in [1.29, 1.82) is 0 Å². The molecule has 3 rings (SSSR count). The third-order valence-corrected chi connectivity index (χ3v) is 6.68. The van der Waals surface area contributed by atoms with Gasteiger partial charge in [0.25, 0.3) is 0 Å². The lowest BCUT2D eigenvalue weighted by Crippen LogP contribution is -2.52. The first-order valence-electron chi connectivity index (χ1n) is 11.7. The van der Waals surface area contributed by atoms with Crippen molar-refractivity contribution in [2.75, 3.05) is 26.9 Å². The van der Waals surface area contributed by atoms with E-state index in [1.54, 1.807) is 20.9 Å². The van der Waals surface area contributed by atoms with Gasteiger partial charge < -0.3 is 23.6 Å². The van der Waals surface area contributed by atoms with E-state index in [2.05, 4.69) is 5.16 Å². The van der Waals surface area contributed by atoms with Crippen LogP contribution >= 0.6 is 0 Å². The summed E-state index contributed by atoms with van der Waals surface area (Å²) >= 11 is 0. The first-order chi connectivity index (χ1) is 15.1. The van der Waals surface area contributed by atoms with Crippen molar-refractivity contribution in [3.05, 3.63) is 17.5 Å². The summed E-state index contributed by atoms with van der Waals surface area (Å²) in [6.45, 7) is 9.48. The minimum atomic E-state index is -0.959. The van der Waals surface area contributed by atoms with Crippen LogP contribution in [0.2, 0.25) is 0 Å². The van der Waals surface area contributed by atoms with Crippen LogP contribution in [0.15, 0.2) is 10.6 Å². The van der Waals surface area contributed by atoms with Crippen LogP contribution in [-0.4, -0.2) is 66.5 Å². The first kappa shape index (κ1) is 24.9. The molecule has 0 spiro atoms. The van der Waals surface area contributed by atoms with Gasteiger partial charge >= 0.3 is 0 Å². The number of hydrogen-bond acceptors (Lipinski definition) is 7. The van der Waals surface area contributed by atoms with Crippen LogP contribution < -0.4 is 0 Å². The Morgan fingerprint density at radius 3 is 2.53 bits per heavy atom. The molecule has 2 saturated heterocycles. The molecule has 0 aliphatic carbocycles. The molecule has 0 bridgehead atoms. The van der Waals surface area contributed by atoms with E-state index in [0.29, 0.717) is 25.4 Å². The highest BCUT2D eigenvalue weighted by atomic mass is 16.7. The number of ketones is 1. The Kier molecular flexibility index (Phi) is 8.11. The zero-order valence-electron chi connectivity index (χ0n) is 20.1. The third-order valence-electron chi connectivity index (χ3n) is 6.68. The van der Waals surface area contributed by atoms with Gasteiger partial charge in [-0.05, 0) is 46.0 Å². The molecular formula is C24H38N2O6. The summed E-state index contributed by atoms with van der Waals surface area (Å²) in [5.74, 6) is 0.296. The van der Waals surface area contributed by atoms with Crippen LogP contribution in [0.5, 0.6) is 0 Å². The predicted molar refractivity (Wildman–Crippen MR) is 118 cm³/mol. The average molecular weight is 451 g/mol. The number of amides is 1. The van der Waals surface area contributed by atoms with Crippen LogP contribution in [0.3, 0.4) is 0 Å². The fraction of sp³-hybridized carbons (Fsp3) is 0.792. The summed E-state index contributed by atoms with van der Waals surface area (Å²) in [6, 6.07) is 1.81. The average Bonchev–Trinajstić information content (AvgIpc) is 3.45. The van der Waals surface area contributed by atoms with Crippen LogP contribution in [0.1, 0.15) is 77.7 Å². The van der Waals surface area contributed by atoms with Crippen molar-refractivity contribution < 1.29 is 28.3 Å². The standard InChI is InChI=1S/C24H38N2O6/c1-23(2,16-31-22-10-6-7-11-30-22)19-13-18(32-25-19)14-20(27)24(3,4)26(5)21(28)15-17-9-8-12-29-17/h13,17,22H,6-12,14-16H2,1-5H3. The van der Waals surface area contributed by atoms with E-state index < -0.39 is 5.54 Å². The molecule has 2 aliphatic heterocycles. The Balaban J connectivity index is 1.55. The lowest BCUT2D eigenvalue weighted by Gasteiger charge is -2.34. The molecule has 8 nitrogen and oxygen atoms in total. The molecule has 3 heterocycles. The number of carbonyl (C=O) groups is 2. The Hall–Kier alpha value is -1.77. The normalized spacial score (nSPS) is 22.2. The molecule has 1 aromatic rings. The number of ether oxygens (including phenoxy) is 3. The van der Waals surface area contributed by atoms with Crippen molar-refractivity contribution in [3.63, 3.8) is 0 Å². The van der Waals surface area contributed by atoms with Crippen LogP contribution in [-0.2, 0) is 35.6 Å². The second kappa shape index (κ2) is 10.4. The molecule has 2 fully saturated rings. The minimum Gasteiger partial charge on any atom is -0.378 e. The number of likely N-dealkylation sites (N-methyl/N-ethyl adjacent to an activating group) is 1. The van der Waals surface area contributed by atoms with Crippen molar-refractivity contribution in [3.8, 4) is 0 Å². The van der Waals surface area contributed by atoms with E-state index in [0.717, 1.165) is 44.4 Å². The molecule has 0 saturated carbocycles. The lowest BCUT2D eigenvalue weighted by molar-refractivity contribution is -0.170. The van der Waals surface area contributed by atoms with E-state index in [1.165, 1.54) is 4.90 Å². The molecule has 0 aromatic carbocycles. The number of hydrogen-bond donors (Lipinski definition) is 0. The van der Waals surface area contributed by atoms with Gasteiger partial charge in [-0.1, -0.05) is 19.0 Å². The van der Waals surface area contributed by atoms with E-state index in [4.69, 9.17) is 18.7 Å². The van der Waals surface area contributed by atoms with Crippen LogP contribution in [0, 0.1) is 0 Å². The van der Waals surface area contributed by atoms with Crippen molar-refractivity contribution >= 4 is 11.7 Å². The van der Waals surface area contributed by atoms with Gasteiger partial charge in [0.15, 0.2) is 12.1 Å². The summed E-state index contributed by atoms with van der Waals surface area (Å²) in [6.07, 6.45) is 5.13. The summed E-state index contributed by atoms with van der Waals surface area (Å²) in [7, 11) is 1.68. The van der Waals surface area contributed by atoms with Gasteiger partial charge in [0, 0.05) is 31.7 Å². The number of carbonyl (C=O) groups excluding carboxylic acids is 2. The smallest absolute Gasteiger partial charge is 0.225 e. The van der Waals surface area contributed by atoms with Crippen LogP contribution in [0.4, 0.5) is 0 Å². The molecule has 1 aromatic heterocycles. The fourth-order valence-corrected chi connectivity index (χ4v) is 3.94. The zero-order valence-corrected chi connectivity index (χ0v) is 20.1. The first-order valence-corrected chi connectivity index (χ1v) is 11.7. The number of nitrogens with zero attached hydrogens (tertiary/aromatic N) is 2. The third kappa shape index (κ3) is 6.17. The highest BCUT2D eigenvalue weighted by Gasteiger charge is 2.37. The number of Topliss-reactive ketones (excluding diaryl/α,β-unsaturated/α-hetero) is 1. The maximum Gasteiger partial charge on any atom is 0.225 e. The van der Waals surface area contributed by atoms with Crippen molar-refractivity contribution in [2.24, 2.45) is 0 Å². The predicted octanol–water partition coefficient (Wildman–Crippen LogP) is 3.41. The Morgan fingerprint density at radius 2 is 1.88 bits per heavy atom. The van der Waals surface area contributed by atoms with Gasteiger partial charge in [-0.15, -0.1) is 0 Å². The summed E-state index contributed by atoms with van der Waals surface area (Å²) in [5.41, 5.74) is -0.605. The summed E-state index contributed by atoms with van der Waals surface area (Å²) < 4.78 is 22.6. The van der Waals surface area contributed by atoms with Gasteiger partial charge in [0.05, 0.1) is 36.8 Å². The van der Waals surface area contributed by atoms with Crippen molar-refractivity contribution in [1.82, 2.24) is 10.1 Å². The monoisotopic (exact) mass is 450 g/mol. The van der Waals surface area contributed by atoms with Gasteiger partial charge in [-0.3, -0.25) is 9.59 Å². The number of aromatic nitrogens is 1. The fourth-order valence-electron chi connectivity index (χ4n) is 3.94. The highest BCUT2D eigenvalue weighted by Crippen LogP contribution is 2.27. The minimum absolute atomic E-state index is 0.0452. The SMILES string of the molecule is CN(C(=O)CC1CCCO1)C(C)(C)C(=O)Cc1cc(C(C)(C)COC2CCCCO2)no1. The molecule has 8 heteroatoms. The van der Waals surface area contributed by atoms with Crippen LogP contribution in [0.25, 0.3) is 0 Å². The van der Waals surface area contributed by atoms with Crippen molar-refractivity contribution in [2.45, 2.75) is 96.0 Å². The van der Waals surface area contributed by atoms with Gasteiger partial charge in [-0.25, -0.2) is 0 Å². The summed E-state index contributed by atoms with van der Waals surface area (Å²) in [4.78, 5) is 27.3. The summed E-state index contributed by atoms with van der Waals surface area (Å²) in [5, 5.41) is 4.19. The Labute approximate surface area is 190 Å². The largest absolute Gasteiger partial charge is 0.378 e. The van der Waals surface area contributed by atoms with E-state index >= 15 is 0 Å². The molecule has 0 radical (unpaired) electrons. The van der Waals surface area contributed by atoms with E-state index in [9.17, 15) is 9.59 Å². The molecule has 2 atom stereocenters. The molecule has 2 unspecified atom stereocenters. The quantitative estimate of drug-likeness (QED) is 0.539. The molecule has 2 aliphatic rings. The van der Waals surface area contributed by atoms with Gasteiger partial charge in [0.2, 0.25) is 5.91 Å². The van der Waals surface area contributed by atoms with E-state index in [1.807, 2.05) is 19.9 Å². The molecule has 0 N–H and O–H groups in total. The Bertz CT molecular complexity index is 775. The zero-order chi connectivity index (χ0) is 23.4. The highest BCUT2D eigenvalue weighted by molar-refractivity contribution is 5.93. The maximum absolute atomic E-state index is 13.1. The topological polar surface area (TPSA) is 91.1 Å². The maximum atomic E-state index is 13.1. The Morgan fingerprint density at radius 1 is 1.12 bits per heavy atom. The molecule has 1 amide bonds. The second-order valence-electron chi connectivity index (χ2n) is 10.1.